The summed E-state index contributed by atoms with van der Waals surface area (Å²) in [5.74, 6) is 0. The van der Waals surface area contributed by atoms with Crippen molar-refractivity contribution in [2.75, 3.05) is 26.7 Å². The molecule has 0 amide bonds. The first-order valence-corrected chi connectivity index (χ1v) is 8.70. The normalized spacial score (nSPS) is 22.4. The third-order valence-corrected chi connectivity index (χ3v) is 6.15. The summed E-state index contributed by atoms with van der Waals surface area (Å²) in [7, 11) is -1.63. The fraction of sp³-hybridized carbons (Fsp3) is 0.769. The lowest BCUT2D eigenvalue weighted by Gasteiger charge is -2.29. The quantitative estimate of drug-likeness (QED) is 0.835. The number of aliphatic hydroxyl groups excluding tert-OH is 1. The number of nitrogens with one attached hydrogen (secondary N) is 1. The van der Waals surface area contributed by atoms with Gasteiger partial charge in [-0.3, -0.25) is 5.10 Å². The summed E-state index contributed by atoms with van der Waals surface area (Å²) >= 11 is 0. The van der Waals surface area contributed by atoms with E-state index in [9.17, 15) is 13.5 Å². The second kappa shape index (κ2) is 6.43. The van der Waals surface area contributed by atoms with Crippen LogP contribution in [0.15, 0.2) is 4.90 Å². The van der Waals surface area contributed by atoms with Crippen LogP contribution in [0.4, 0.5) is 0 Å². The predicted molar refractivity (Wildman–Crippen MR) is 79.3 cm³/mol. The summed E-state index contributed by atoms with van der Waals surface area (Å²) in [4.78, 5) is 2.30. The Morgan fingerprint density at radius 2 is 2.14 bits per heavy atom. The third kappa shape index (κ3) is 3.13. The molecule has 0 aromatic carbocycles. The van der Waals surface area contributed by atoms with Gasteiger partial charge in [-0.05, 0) is 33.4 Å². The lowest BCUT2D eigenvalue weighted by Crippen LogP contribution is -2.43. The standard InChI is InChI=1S/C13H24N4O3S/c1-4-11-8-16(3)6-5-7-17(11)21(19,20)13-10(2)14-15-12(13)9-18/h11,18H,4-9H2,1-3H3,(H,14,15). The monoisotopic (exact) mass is 316 g/mol. The van der Waals surface area contributed by atoms with E-state index in [2.05, 4.69) is 15.1 Å². The molecule has 7 nitrogen and oxygen atoms in total. The van der Waals surface area contributed by atoms with Gasteiger partial charge in [-0.15, -0.1) is 0 Å². The van der Waals surface area contributed by atoms with Crippen molar-refractivity contribution in [3.63, 3.8) is 0 Å². The van der Waals surface area contributed by atoms with Gasteiger partial charge in [0.25, 0.3) is 0 Å². The first-order chi connectivity index (χ1) is 9.91. The maximum Gasteiger partial charge on any atom is 0.247 e. The van der Waals surface area contributed by atoms with Crippen LogP contribution >= 0.6 is 0 Å². The number of rotatable bonds is 4. The van der Waals surface area contributed by atoms with Crippen LogP contribution in [-0.4, -0.2) is 65.7 Å². The van der Waals surface area contributed by atoms with Gasteiger partial charge in [-0.1, -0.05) is 6.92 Å². The molecule has 1 unspecified atom stereocenters. The van der Waals surface area contributed by atoms with Crippen molar-refractivity contribution in [3.8, 4) is 0 Å². The average Bonchev–Trinajstić information content (AvgIpc) is 2.71. The zero-order chi connectivity index (χ0) is 15.6. The van der Waals surface area contributed by atoms with Crippen molar-refractivity contribution in [2.45, 2.75) is 44.2 Å². The number of aliphatic hydroxyl groups is 1. The first-order valence-electron chi connectivity index (χ1n) is 7.26. The zero-order valence-corrected chi connectivity index (χ0v) is 13.7. The predicted octanol–water partition coefficient (Wildman–Crippen LogP) is 0.315. The summed E-state index contributed by atoms with van der Waals surface area (Å²) in [5.41, 5.74) is 0.673. The highest BCUT2D eigenvalue weighted by atomic mass is 32.2. The van der Waals surface area contributed by atoms with E-state index < -0.39 is 10.0 Å². The SMILES string of the molecule is CCC1CN(C)CCCN1S(=O)(=O)c1c(CO)n[nH]c1C. The number of likely N-dealkylation sites (N-methyl/N-ethyl adjacent to an activating group) is 1. The molecule has 0 spiro atoms. The number of aryl methyl sites for hydroxylation is 1. The first kappa shape index (κ1) is 16.4. The van der Waals surface area contributed by atoms with E-state index in [1.54, 1.807) is 11.2 Å². The molecule has 0 bridgehead atoms. The van der Waals surface area contributed by atoms with Crippen LogP contribution in [0.2, 0.25) is 0 Å². The van der Waals surface area contributed by atoms with Crippen LogP contribution in [0, 0.1) is 6.92 Å². The zero-order valence-electron chi connectivity index (χ0n) is 12.8. The second-order valence-corrected chi connectivity index (χ2v) is 7.40. The molecule has 1 saturated heterocycles. The molecule has 120 valence electrons. The fourth-order valence-corrected chi connectivity index (χ4v) is 4.96. The molecule has 0 aliphatic carbocycles. The van der Waals surface area contributed by atoms with Crippen molar-refractivity contribution < 1.29 is 13.5 Å². The van der Waals surface area contributed by atoms with E-state index >= 15 is 0 Å². The number of H-pyrrole nitrogens is 1. The Balaban J connectivity index is 2.43. The molecule has 1 aliphatic heterocycles. The topological polar surface area (TPSA) is 89.5 Å². The van der Waals surface area contributed by atoms with E-state index in [1.165, 1.54) is 0 Å². The van der Waals surface area contributed by atoms with Crippen molar-refractivity contribution in [3.05, 3.63) is 11.4 Å². The molecule has 1 atom stereocenters. The van der Waals surface area contributed by atoms with Crippen molar-refractivity contribution in [1.82, 2.24) is 19.4 Å². The van der Waals surface area contributed by atoms with Gasteiger partial charge in [0, 0.05) is 19.1 Å². The van der Waals surface area contributed by atoms with Gasteiger partial charge in [0.05, 0.1) is 12.3 Å². The Hall–Kier alpha value is -0.960. The molecule has 1 fully saturated rings. The highest BCUT2D eigenvalue weighted by Gasteiger charge is 2.36. The molecule has 2 N–H and O–H groups in total. The van der Waals surface area contributed by atoms with E-state index in [0.717, 1.165) is 25.9 Å². The molecular weight excluding hydrogens is 292 g/mol. The number of nitrogens with zero attached hydrogens (tertiary/aromatic N) is 3. The van der Waals surface area contributed by atoms with Crippen LogP contribution < -0.4 is 0 Å². The molecule has 0 saturated carbocycles. The summed E-state index contributed by atoms with van der Waals surface area (Å²) in [6.07, 6.45) is 1.56. The fourth-order valence-electron chi connectivity index (χ4n) is 2.91. The minimum absolute atomic E-state index is 0.0525. The summed E-state index contributed by atoms with van der Waals surface area (Å²) in [6, 6.07) is -0.0525. The number of sulfonamides is 1. The van der Waals surface area contributed by atoms with Gasteiger partial charge in [0.1, 0.15) is 10.6 Å². The van der Waals surface area contributed by atoms with E-state index in [4.69, 9.17) is 0 Å². The molecule has 2 rings (SSSR count). The highest BCUT2D eigenvalue weighted by molar-refractivity contribution is 7.89. The molecule has 21 heavy (non-hydrogen) atoms. The third-order valence-electron chi connectivity index (χ3n) is 4.00. The minimum atomic E-state index is -3.65. The Morgan fingerprint density at radius 3 is 2.76 bits per heavy atom. The Bertz CT molecular complexity index is 584. The smallest absolute Gasteiger partial charge is 0.247 e. The maximum atomic E-state index is 13.0. The molecule has 1 aromatic rings. The van der Waals surface area contributed by atoms with Gasteiger partial charge in [0.2, 0.25) is 10.0 Å². The Morgan fingerprint density at radius 1 is 1.43 bits per heavy atom. The Kier molecular flexibility index (Phi) is 5.03. The van der Waals surface area contributed by atoms with Crippen LogP contribution in [-0.2, 0) is 16.6 Å². The number of aromatic amines is 1. The average molecular weight is 316 g/mol. The molecule has 1 aromatic heterocycles. The van der Waals surface area contributed by atoms with Crippen molar-refractivity contribution in [1.29, 1.82) is 0 Å². The van der Waals surface area contributed by atoms with Crippen LogP contribution in [0.1, 0.15) is 31.2 Å². The Labute approximate surface area is 126 Å². The number of hydrogen-bond donors (Lipinski definition) is 2. The largest absolute Gasteiger partial charge is 0.390 e. The van der Waals surface area contributed by atoms with E-state index in [-0.39, 0.29) is 23.2 Å². The summed E-state index contributed by atoms with van der Waals surface area (Å²) < 4.78 is 27.6. The summed E-state index contributed by atoms with van der Waals surface area (Å²) in [5, 5.41) is 15.9. The number of hydrogen-bond acceptors (Lipinski definition) is 5. The summed E-state index contributed by atoms with van der Waals surface area (Å²) in [6.45, 7) is 5.40. The molecule has 2 heterocycles. The van der Waals surface area contributed by atoms with E-state index in [0.29, 0.717) is 12.2 Å². The van der Waals surface area contributed by atoms with Gasteiger partial charge < -0.3 is 10.0 Å². The molecule has 8 heteroatoms. The van der Waals surface area contributed by atoms with Crippen LogP contribution in [0.3, 0.4) is 0 Å². The van der Waals surface area contributed by atoms with Crippen LogP contribution in [0.25, 0.3) is 0 Å². The molecule has 0 radical (unpaired) electrons. The van der Waals surface area contributed by atoms with Gasteiger partial charge in [-0.25, -0.2) is 8.42 Å². The van der Waals surface area contributed by atoms with Crippen molar-refractivity contribution in [2.24, 2.45) is 0 Å². The lowest BCUT2D eigenvalue weighted by molar-refractivity contribution is 0.265. The molecule has 1 aliphatic rings. The minimum Gasteiger partial charge on any atom is -0.390 e. The lowest BCUT2D eigenvalue weighted by atomic mass is 10.2. The van der Waals surface area contributed by atoms with Crippen LogP contribution in [0.5, 0.6) is 0 Å². The van der Waals surface area contributed by atoms with Gasteiger partial charge in [0.15, 0.2) is 0 Å². The van der Waals surface area contributed by atoms with Gasteiger partial charge in [-0.2, -0.15) is 9.40 Å². The highest BCUT2D eigenvalue weighted by Crippen LogP contribution is 2.26. The van der Waals surface area contributed by atoms with E-state index in [1.807, 2.05) is 14.0 Å². The molecular formula is C13H24N4O3S. The van der Waals surface area contributed by atoms with Gasteiger partial charge >= 0.3 is 0 Å². The second-order valence-electron chi connectivity index (χ2n) is 5.58. The maximum absolute atomic E-state index is 13.0. The number of aromatic nitrogens is 2. The van der Waals surface area contributed by atoms with Crippen molar-refractivity contribution >= 4 is 10.0 Å².